The summed E-state index contributed by atoms with van der Waals surface area (Å²) in [5.41, 5.74) is 1.98. The number of carbonyl (C=O) groups excluding carboxylic acids is 1. The van der Waals surface area contributed by atoms with Crippen LogP contribution in [0, 0.1) is 0 Å². The summed E-state index contributed by atoms with van der Waals surface area (Å²) in [6.45, 7) is 1.20. The van der Waals surface area contributed by atoms with Gasteiger partial charge in [-0.2, -0.15) is 5.10 Å². The number of benzene rings is 1. The molecule has 2 aliphatic rings. The second kappa shape index (κ2) is 7.44. The topological polar surface area (TPSA) is 90.3 Å². The highest BCUT2D eigenvalue weighted by molar-refractivity contribution is 7.91. The highest BCUT2D eigenvalue weighted by atomic mass is 32.2. The van der Waals surface area contributed by atoms with Crippen LogP contribution in [0.3, 0.4) is 0 Å². The molecule has 0 aliphatic carbocycles. The van der Waals surface area contributed by atoms with E-state index in [1.54, 1.807) is 10.7 Å². The number of carbonyl (C=O) groups is 1. The van der Waals surface area contributed by atoms with E-state index in [1.807, 2.05) is 30.3 Å². The van der Waals surface area contributed by atoms with Crippen molar-refractivity contribution in [2.45, 2.75) is 31.4 Å². The lowest BCUT2D eigenvalue weighted by atomic mass is 10.1. The second-order valence-corrected chi connectivity index (χ2v) is 9.36. The Kier molecular flexibility index (Phi) is 5.01. The van der Waals surface area contributed by atoms with E-state index in [0.29, 0.717) is 18.7 Å². The van der Waals surface area contributed by atoms with E-state index >= 15 is 0 Å². The highest BCUT2D eigenvalue weighted by Gasteiger charge is 2.32. The van der Waals surface area contributed by atoms with Gasteiger partial charge in [-0.25, -0.2) is 8.42 Å². The molecule has 1 aromatic heterocycles. The van der Waals surface area contributed by atoms with Crippen molar-refractivity contribution in [1.29, 1.82) is 0 Å². The summed E-state index contributed by atoms with van der Waals surface area (Å²) in [7, 11) is -3.05. The van der Waals surface area contributed by atoms with Crippen molar-refractivity contribution >= 4 is 15.7 Å². The number of rotatable bonds is 5. The Morgan fingerprint density at radius 1 is 1.26 bits per heavy atom. The van der Waals surface area contributed by atoms with Crippen LogP contribution in [-0.4, -0.2) is 54.9 Å². The smallest absolute Gasteiger partial charge is 0.271 e. The Morgan fingerprint density at radius 3 is 2.74 bits per heavy atom. The minimum Gasteiger partial charge on any atom is -0.376 e. The first-order valence-corrected chi connectivity index (χ1v) is 11.1. The average Bonchev–Trinajstić information content (AvgIpc) is 3.39. The van der Waals surface area contributed by atoms with Crippen molar-refractivity contribution in [3.05, 3.63) is 42.1 Å². The van der Waals surface area contributed by atoms with Crippen molar-refractivity contribution in [2.75, 3.05) is 24.7 Å². The Morgan fingerprint density at radius 2 is 2.07 bits per heavy atom. The molecule has 144 valence electrons. The predicted molar refractivity (Wildman–Crippen MR) is 101 cm³/mol. The number of aromatic nitrogens is 2. The van der Waals surface area contributed by atoms with Gasteiger partial charge in [-0.1, -0.05) is 30.3 Å². The number of nitrogens with zero attached hydrogens (tertiary/aromatic N) is 2. The van der Waals surface area contributed by atoms with Gasteiger partial charge in [0.25, 0.3) is 5.91 Å². The number of nitrogens with one attached hydrogen (secondary N) is 1. The summed E-state index contributed by atoms with van der Waals surface area (Å²) >= 11 is 0. The van der Waals surface area contributed by atoms with Gasteiger partial charge in [0.05, 0.1) is 29.3 Å². The third kappa shape index (κ3) is 4.06. The summed E-state index contributed by atoms with van der Waals surface area (Å²) in [5.74, 6) is -0.0417. The predicted octanol–water partition coefficient (Wildman–Crippen LogP) is 1.82. The van der Waals surface area contributed by atoms with Gasteiger partial charge < -0.3 is 10.1 Å². The molecule has 2 aliphatic heterocycles. The average molecular weight is 389 g/mol. The van der Waals surface area contributed by atoms with Gasteiger partial charge in [-0.3, -0.25) is 9.48 Å². The maximum absolute atomic E-state index is 12.6. The number of amides is 1. The Bertz CT molecular complexity index is 918. The molecule has 27 heavy (non-hydrogen) atoms. The van der Waals surface area contributed by atoms with Crippen LogP contribution in [0.1, 0.15) is 35.8 Å². The molecule has 4 rings (SSSR count). The number of ether oxygens (including phenoxy) is 1. The fraction of sp³-hybridized carbons (Fsp3) is 0.474. The summed E-state index contributed by atoms with van der Waals surface area (Å²) in [5, 5.41) is 7.36. The standard InChI is InChI=1S/C19H23N3O4S/c23-19(20-12-16-7-4-9-26-16)17-11-18(14-5-2-1-3-6-14)22(21-17)15-8-10-27(24,25)13-15/h1-3,5-6,11,15-16H,4,7-10,12-13H2,(H,20,23)/t15-,16-/m0/s1. The van der Waals surface area contributed by atoms with Crippen LogP contribution in [0.5, 0.6) is 0 Å². The first-order chi connectivity index (χ1) is 13.0. The minimum atomic E-state index is -3.05. The molecule has 0 bridgehead atoms. The molecule has 0 radical (unpaired) electrons. The van der Waals surface area contributed by atoms with Gasteiger partial charge in [0.2, 0.25) is 0 Å². The monoisotopic (exact) mass is 389 g/mol. The highest BCUT2D eigenvalue weighted by Crippen LogP contribution is 2.30. The van der Waals surface area contributed by atoms with Crippen LogP contribution < -0.4 is 5.32 Å². The van der Waals surface area contributed by atoms with Crippen molar-refractivity contribution in [3.8, 4) is 11.3 Å². The van der Waals surface area contributed by atoms with Gasteiger partial charge in [-0.15, -0.1) is 0 Å². The molecular formula is C19H23N3O4S. The fourth-order valence-corrected chi connectivity index (χ4v) is 5.37. The van der Waals surface area contributed by atoms with Crippen molar-refractivity contribution in [2.24, 2.45) is 0 Å². The second-order valence-electron chi connectivity index (χ2n) is 7.13. The van der Waals surface area contributed by atoms with Crippen LogP contribution in [0.15, 0.2) is 36.4 Å². The summed E-state index contributed by atoms with van der Waals surface area (Å²) in [4.78, 5) is 12.6. The largest absolute Gasteiger partial charge is 0.376 e. The molecule has 1 N–H and O–H groups in total. The van der Waals surface area contributed by atoms with Crippen LogP contribution in [-0.2, 0) is 14.6 Å². The van der Waals surface area contributed by atoms with Crippen molar-refractivity contribution in [1.82, 2.24) is 15.1 Å². The van der Waals surface area contributed by atoms with Crippen molar-refractivity contribution < 1.29 is 17.9 Å². The van der Waals surface area contributed by atoms with Crippen LogP contribution in [0.4, 0.5) is 0 Å². The third-order valence-corrected chi connectivity index (χ3v) is 6.86. The normalized spacial score (nSPS) is 24.1. The van der Waals surface area contributed by atoms with Crippen LogP contribution >= 0.6 is 0 Å². The van der Waals surface area contributed by atoms with E-state index in [1.165, 1.54) is 0 Å². The Hall–Kier alpha value is -2.19. The minimum absolute atomic E-state index is 0.0598. The SMILES string of the molecule is O=C(NC[C@@H]1CCCO1)c1cc(-c2ccccc2)n([C@H]2CCS(=O)(=O)C2)n1. The molecule has 2 atom stereocenters. The third-order valence-electron chi connectivity index (χ3n) is 5.11. The van der Waals surface area contributed by atoms with E-state index in [4.69, 9.17) is 4.74 Å². The fourth-order valence-electron chi connectivity index (χ4n) is 3.68. The van der Waals surface area contributed by atoms with E-state index in [2.05, 4.69) is 10.4 Å². The molecule has 3 heterocycles. The molecule has 0 unspecified atom stereocenters. The zero-order chi connectivity index (χ0) is 18.9. The first-order valence-electron chi connectivity index (χ1n) is 9.27. The van der Waals surface area contributed by atoms with E-state index in [0.717, 1.165) is 30.7 Å². The molecule has 2 aromatic rings. The molecule has 2 saturated heterocycles. The number of hydrogen-bond donors (Lipinski definition) is 1. The lowest BCUT2D eigenvalue weighted by molar-refractivity contribution is 0.0853. The lowest BCUT2D eigenvalue weighted by Gasteiger charge is -2.13. The zero-order valence-electron chi connectivity index (χ0n) is 15.0. The van der Waals surface area contributed by atoms with Gasteiger partial charge in [0.1, 0.15) is 0 Å². The Labute approximate surface area is 158 Å². The van der Waals surface area contributed by atoms with Gasteiger partial charge in [-0.05, 0) is 30.9 Å². The van der Waals surface area contributed by atoms with Gasteiger partial charge >= 0.3 is 0 Å². The lowest BCUT2D eigenvalue weighted by Crippen LogP contribution is -2.32. The molecule has 0 saturated carbocycles. The van der Waals surface area contributed by atoms with Crippen LogP contribution in [0.2, 0.25) is 0 Å². The molecule has 7 nitrogen and oxygen atoms in total. The molecule has 2 fully saturated rings. The maximum Gasteiger partial charge on any atom is 0.271 e. The van der Waals surface area contributed by atoms with E-state index < -0.39 is 9.84 Å². The molecular weight excluding hydrogens is 366 g/mol. The van der Waals surface area contributed by atoms with Gasteiger partial charge in [0, 0.05) is 13.2 Å². The summed E-state index contributed by atoms with van der Waals surface area (Å²) in [6, 6.07) is 11.1. The van der Waals surface area contributed by atoms with E-state index in [-0.39, 0.29) is 29.6 Å². The number of hydrogen-bond acceptors (Lipinski definition) is 5. The quantitative estimate of drug-likeness (QED) is 0.842. The molecule has 1 amide bonds. The molecule has 0 spiro atoms. The molecule has 8 heteroatoms. The maximum atomic E-state index is 12.6. The van der Waals surface area contributed by atoms with Crippen molar-refractivity contribution in [3.63, 3.8) is 0 Å². The first kappa shape index (κ1) is 18.2. The van der Waals surface area contributed by atoms with Crippen LogP contribution in [0.25, 0.3) is 11.3 Å². The Balaban J connectivity index is 1.60. The zero-order valence-corrected chi connectivity index (χ0v) is 15.8. The van der Waals surface area contributed by atoms with E-state index in [9.17, 15) is 13.2 Å². The number of sulfone groups is 1. The van der Waals surface area contributed by atoms with Gasteiger partial charge in [0.15, 0.2) is 15.5 Å². The molecule has 1 aromatic carbocycles. The summed E-state index contributed by atoms with van der Waals surface area (Å²) in [6.07, 6.45) is 2.54. The summed E-state index contributed by atoms with van der Waals surface area (Å²) < 4.78 is 31.1.